The molecule has 0 radical (unpaired) electrons. The molecular weight excluding hydrogens is 332 g/mol. The molecule has 0 aliphatic rings. The van der Waals surface area contributed by atoms with Gasteiger partial charge in [0.1, 0.15) is 5.01 Å². The predicted octanol–water partition coefficient (Wildman–Crippen LogP) is 2.33. The smallest absolute Gasteiger partial charge is 0.201 e. The van der Waals surface area contributed by atoms with Crippen LogP contribution in [0.4, 0.5) is 0 Å². The molecule has 5 aromatic heterocycles. The van der Waals surface area contributed by atoms with Gasteiger partial charge in [-0.2, -0.15) is 9.61 Å². The average Bonchev–Trinajstić information content (AvgIpc) is 3.29. The van der Waals surface area contributed by atoms with E-state index in [9.17, 15) is 0 Å². The third kappa shape index (κ3) is 1.88. The van der Waals surface area contributed by atoms with E-state index < -0.39 is 0 Å². The molecule has 0 fully saturated rings. The lowest BCUT2D eigenvalue weighted by molar-refractivity contribution is 0.823. The van der Waals surface area contributed by atoms with Crippen molar-refractivity contribution in [2.24, 2.45) is 0 Å². The van der Waals surface area contributed by atoms with Crippen LogP contribution in [0, 0.1) is 6.92 Å². The van der Waals surface area contributed by atoms with Crippen molar-refractivity contribution in [2.45, 2.75) is 6.92 Å². The van der Waals surface area contributed by atoms with Gasteiger partial charge in [-0.05, 0) is 46.5 Å². The van der Waals surface area contributed by atoms with Crippen molar-refractivity contribution < 1.29 is 0 Å². The Hall–Kier alpha value is -2.72. The van der Waals surface area contributed by atoms with Gasteiger partial charge in [-0.3, -0.25) is 0 Å². The lowest BCUT2D eigenvalue weighted by Crippen LogP contribution is -1.91. The van der Waals surface area contributed by atoms with E-state index in [-0.39, 0.29) is 0 Å². The monoisotopic (exact) mass is 340 g/mol. The number of hydrogen-bond acceptors (Lipinski definition) is 8. The Morgan fingerprint density at radius 2 is 2.09 bits per heavy atom. The number of fused-ring (bicyclic) bond motifs is 2. The minimum Gasteiger partial charge on any atom is -0.201 e. The standard InChI is InChI=1S/C13H8N8S2/c1-7-3-5-22-10(7)11-15-16-13-21(11)17-12(23-13)8-2-4-20-9(6-8)14-18-19-20/h2-6H,1H3. The van der Waals surface area contributed by atoms with Crippen LogP contribution in [0.5, 0.6) is 0 Å². The van der Waals surface area contributed by atoms with E-state index in [1.807, 2.05) is 23.7 Å². The van der Waals surface area contributed by atoms with Crippen LogP contribution in [0.2, 0.25) is 0 Å². The Morgan fingerprint density at radius 1 is 1.13 bits per heavy atom. The molecule has 10 heteroatoms. The number of nitrogens with zero attached hydrogens (tertiary/aromatic N) is 8. The number of thiophene rings is 1. The lowest BCUT2D eigenvalue weighted by Gasteiger charge is -1.96. The van der Waals surface area contributed by atoms with Crippen LogP contribution in [0.1, 0.15) is 5.56 Å². The first-order chi connectivity index (χ1) is 11.3. The molecule has 0 unspecified atom stereocenters. The predicted molar refractivity (Wildman–Crippen MR) is 86.5 cm³/mol. The van der Waals surface area contributed by atoms with Gasteiger partial charge in [0, 0.05) is 11.8 Å². The number of aryl methyl sites for hydroxylation is 1. The molecule has 8 nitrogen and oxygen atoms in total. The Morgan fingerprint density at radius 3 is 2.96 bits per heavy atom. The molecule has 0 N–H and O–H groups in total. The van der Waals surface area contributed by atoms with E-state index in [2.05, 4.69) is 43.8 Å². The maximum Gasteiger partial charge on any atom is 0.235 e. The second-order valence-corrected chi connectivity index (χ2v) is 6.83. The van der Waals surface area contributed by atoms with Crippen LogP contribution in [0.15, 0.2) is 29.8 Å². The second-order valence-electron chi connectivity index (χ2n) is 4.96. The van der Waals surface area contributed by atoms with Gasteiger partial charge in [-0.1, -0.05) is 11.3 Å². The molecule has 5 aromatic rings. The quantitative estimate of drug-likeness (QED) is 0.490. The number of tetrazole rings is 1. The summed E-state index contributed by atoms with van der Waals surface area (Å²) < 4.78 is 3.41. The van der Waals surface area contributed by atoms with Crippen molar-refractivity contribution in [2.75, 3.05) is 0 Å². The molecular formula is C13H8N8S2. The van der Waals surface area contributed by atoms with Crippen LogP contribution < -0.4 is 0 Å². The Kier molecular flexibility index (Phi) is 2.58. The summed E-state index contributed by atoms with van der Waals surface area (Å²) in [6.07, 6.45) is 1.82. The summed E-state index contributed by atoms with van der Waals surface area (Å²) in [5, 5.41) is 27.6. The van der Waals surface area contributed by atoms with E-state index in [0.717, 1.165) is 26.2 Å². The SMILES string of the molecule is Cc1ccsc1-c1nnc2sc(-c3ccn4nnnc4c3)nn12. The van der Waals surface area contributed by atoms with Crippen molar-refractivity contribution in [3.05, 3.63) is 35.3 Å². The third-order valence-corrected chi connectivity index (χ3v) is 5.46. The summed E-state index contributed by atoms with van der Waals surface area (Å²) in [7, 11) is 0. The third-order valence-electron chi connectivity index (χ3n) is 3.50. The van der Waals surface area contributed by atoms with Crippen LogP contribution in [0.3, 0.4) is 0 Å². The summed E-state index contributed by atoms with van der Waals surface area (Å²) in [6, 6.07) is 5.91. The summed E-state index contributed by atoms with van der Waals surface area (Å²) in [6.45, 7) is 2.06. The second kappa shape index (κ2) is 4.64. The molecule has 0 aliphatic carbocycles. The number of aromatic nitrogens is 8. The summed E-state index contributed by atoms with van der Waals surface area (Å²) >= 11 is 3.13. The molecule has 0 aliphatic heterocycles. The number of pyridine rings is 1. The zero-order valence-electron chi connectivity index (χ0n) is 11.8. The van der Waals surface area contributed by atoms with Crippen molar-refractivity contribution >= 4 is 33.3 Å². The van der Waals surface area contributed by atoms with Gasteiger partial charge in [-0.25, -0.2) is 4.52 Å². The molecule has 0 aromatic carbocycles. The van der Waals surface area contributed by atoms with Gasteiger partial charge in [-0.15, -0.1) is 26.6 Å². The molecule has 112 valence electrons. The normalized spacial score (nSPS) is 11.7. The highest BCUT2D eigenvalue weighted by Gasteiger charge is 2.17. The topological polar surface area (TPSA) is 86.2 Å². The molecule has 0 spiro atoms. The summed E-state index contributed by atoms with van der Waals surface area (Å²) in [5.41, 5.74) is 2.81. The molecule has 5 rings (SSSR count). The number of hydrogen-bond donors (Lipinski definition) is 0. The fourth-order valence-corrected chi connectivity index (χ4v) is 4.08. The average molecular weight is 340 g/mol. The maximum absolute atomic E-state index is 4.67. The van der Waals surface area contributed by atoms with E-state index in [4.69, 9.17) is 0 Å². The Balaban J connectivity index is 1.68. The fraction of sp³-hybridized carbons (Fsp3) is 0.0769. The minimum atomic E-state index is 0.683. The Bertz CT molecular complexity index is 1150. The molecule has 0 saturated heterocycles. The van der Waals surface area contributed by atoms with Crippen molar-refractivity contribution in [3.63, 3.8) is 0 Å². The van der Waals surface area contributed by atoms with Crippen LogP contribution >= 0.6 is 22.7 Å². The lowest BCUT2D eigenvalue weighted by atomic mass is 10.3. The van der Waals surface area contributed by atoms with E-state index in [1.54, 1.807) is 20.4 Å². The van der Waals surface area contributed by atoms with Gasteiger partial charge in [0.15, 0.2) is 11.5 Å². The summed E-state index contributed by atoms with van der Waals surface area (Å²) in [4.78, 5) is 1.86. The molecule has 0 saturated carbocycles. The molecule has 0 bridgehead atoms. The van der Waals surface area contributed by atoms with Crippen LogP contribution in [-0.4, -0.2) is 39.9 Å². The van der Waals surface area contributed by atoms with E-state index in [1.165, 1.54) is 16.9 Å². The minimum absolute atomic E-state index is 0.683. The molecule has 23 heavy (non-hydrogen) atoms. The van der Waals surface area contributed by atoms with E-state index in [0.29, 0.717) is 5.65 Å². The first kappa shape index (κ1) is 12.8. The summed E-state index contributed by atoms with van der Waals surface area (Å²) in [5.74, 6) is 0.778. The van der Waals surface area contributed by atoms with Gasteiger partial charge in [0.05, 0.1) is 4.88 Å². The van der Waals surface area contributed by atoms with Gasteiger partial charge in [0.2, 0.25) is 4.96 Å². The van der Waals surface area contributed by atoms with Gasteiger partial charge in [0.25, 0.3) is 0 Å². The zero-order chi connectivity index (χ0) is 15.4. The fourth-order valence-electron chi connectivity index (χ4n) is 2.35. The maximum atomic E-state index is 4.67. The van der Waals surface area contributed by atoms with Gasteiger partial charge >= 0.3 is 0 Å². The van der Waals surface area contributed by atoms with Crippen LogP contribution in [0.25, 0.3) is 31.9 Å². The largest absolute Gasteiger partial charge is 0.235 e. The first-order valence-electron chi connectivity index (χ1n) is 6.74. The molecule has 0 amide bonds. The molecule has 5 heterocycles. The molecule has 0 atom stereocenters. The van der Waals surface area contributed by atoms with Crippen molar-refractivity contribution in [1.29, 1.82) is 0 Å². The zero-order valence-corrected chi connectivity index (χ0v) is 13.4. The first-order valence-corrected chi connectivity index (χ1v) is 8.44. The number of rotatable bonds is 2. The highest BCUT2D eigenvalue weighted by Crippen LogP contribution is 2.31. The van der Waals surface area contributed by atoms with Crippen LogP contribution in [-0.2, 0) is 0 Å². The van der Waals surface area contributed by atoms with Crippen molar-refractivity contribution in [1.82, 2.24) is 39.9 Å². The Labute approximate surface area is 137 Å². The van der Waals surface area contributed by atoms with Gasteiger partial charge < -0.3 is 0 Å². The highest BCUT2D eigenvalue weighted by molar-refractivity contribution is 7.20. The van der Waals surface area contributed by atoms with E-state index >= 15 is 0 Å². The van der Waals surface area contributed by atoms with Crippen molar-refractivity contribution in [3.8, 4) is 21.3 Å². The highest BCUT2D eigenvalue weighted by atomic mass is 32.1.